The number of hydrogen-bond acceptors (Lipinski definition) is 5. The normalized spacial score (nSPS) is 16.2. The molecular weight excluding hydrogens is 555 g/mol. The van der Waals surface area contributed by atoms with Crippen LogP contribution >= 0.6 is 0 Å². The minimum atomic E-state index is -4.69. The summed E-state index contributed by atoms with van der Waals surface area (Å²) in [6.07, 6.45) is 0.275. The van der Waals surface area contributed by atoms with Gasteiger partial charge in [-0.25, -0.2) is 13.1 Å². The third kappa shape index (κ3) is 7.87. The fourth-order valence-electron chi connectivity index (χ4n) is 5.36. The summed E-state index contributed by atoms with van der Waals surface area (Å²) in [6.45, 7) is 0.134. The molecule has 1 aliphatic rings. The lowest BCUT2D eigenvalue weighted by atomic mass is 9.73. The molecule has 1 unspecified atom stereocenters. The van der Waals surface area contributed by atoms with Crippen molar-refractivity contribution >= 4 is 27.3 Å². The summed E-state index contributed by atoms with van der Waals surface area (Å²) in [5.74, 6) is -1.14. The minimum Gasteiger partial charge on any atom is -0.398 e. The summed E-state index contributed by atoms with van der Waals surface area (Å²) in [7, 11) is -3.36. The molecule has 41 heavy (non-hydrogen) atoms. The van der Waals surface area contributed by atoms with Crippen LogP contribution in [0.3, 0.4) is 0 Å². The van der Waals surface area contributed by atoms with Crippen molar-refractivity contribution in [3.63, 3.8) is 0 Å². The van der Waals surface area contributed by atoms with E-state index in [1.165, 1.54) is 6.07 Å². The Hall–Kier alpha value is -3.41. The highest BCUT2D eigenvalue weighted by molar-refractivity contribution is 7.88. The number of hydrogen-bond donors (Lipinski definition) is 4. The zero-order valence-electron chi connectivity index (χ0n) is 22.7. The zero-order valence-corrected chi connectivity index (χ0v) is 23.5. The number of carbonyl (C=O) groups excluding carboxylic acids is 1. The van der Waals surface area contributed by atoms with E-state index in [1.54, 1.807) is 18.2 Å². The first kappa shape index (κ1) is 30.5. The lowest BCUT2D eigenvalue weighted by molar-refractivity contribution is -0.142. The maximum absolute atomic E-state index is 13.6. The van der Waals surface area contributed by atoms with Crippen LogP contribution in [0.1, 0.15) is 48.8 Å². The van der Waals surface area contributed by atoms with Crippen LogP contribution in [0.5, 0.6) is 0 Å². The molecule has 4 rings (SSSR count). The standard InChI is InChI=1S/C30H34F3N3O4S/c1-41(39,40)35-19-21-8-6-10-23(16-21)22-9-5-7-20(15-22)18-29(38,24-11-3-2-4-12-24)28(37)36-25-13-14-27(34)26(17-25)30(31,32)33/h5-10,13-17,24,35,38H,2-4,11-12,18-19,34H2,1H3,(H,36,37). The summed E-state index contributed by atoms with van der Waals surface area (Å²) in [6, 6.07) is 17.8. The molecule has 7 nitrogen and oxygen atoms in total. The number of carbonyl (C=O) groups is 1. The Morgan fingerprint density at radius 3 is 2.17 bits per heavy atom. The van der Waals surface area contributed by atoms with E-state index in [-0.39, 0.29) is 24.6 Å². The maximum Gasteiger partial charge on any atom is 0.418 e. The van der Waals surface area contributed by atoms with Crippen LogP contribution < -0.4 is 15.8 Å². The molecule has 1 saturated carbocycles. The predicted molar refractivity (Wildman–Crippen MR) is 153 cm³/mol. The molecule has 0 radical (unpaired) electrons. The van der Waals surface area contributed by atoms with E-state index in [0.717, 1.165) is 54.3 Å². The van der Waals surface area contributed by atoms with Crippen LogP contribution in [0, 0.1) is 5.92 Å². The average molecular weight is 590 g/mol. The second-order valence-corrected chi connectivity index (χ2v) is 12.5. The van der Waals surface area contributed by atoms with Crippen molar-refractivity contribution in [1.82, 2.24) is 4.72 Å². The number of halogens is 3. The fraction of sp³-hybridized carbons (Fsp3) is 0.367. The van der Waals surface area contributed by atoms with Crippen molar-refractivity contribution < 1.29 is 31.5 Å². The number of anilines is 2. The molecule has 1 amide bonds. The van der Waals surface area contributed by atoms with Crippen LogP contribution in [0.2, 0.25) is 0 Å². The molecule has 0 bridgehead atoms. The summed E-state index contributed by atoms with van der Waals surface area (Å²) in [4.78, 5) is 13.6. The number of sulfonamides is 1. The highest BCUT2D eigenvalue weighted by atomic mass is 32.2. The summed E-state index contributed by atoms with van der Waals surface area (Å²) in [5, 5.41) is 14.4. The van der Waals surface area contributed by atoms with E-state index in [1.807, 2.05) is 30.3 Å². The second kappa shape index (κ2) is 12.2. The highest BCUT2D eigenvalue weighted by Crippen LogP contribution is 2.38. The third-order valence-corrected chi connectivity index (χ3v) is 8.16. The molecular formula is C30H34F3N3O4S. The van der Waals surface area contributed by atoms with Crippen molar-refractivity contribution in [3.05, 3.63) is 83.4 Å². The summed E-state index contributed by atoms with van der Waals surface area (Å²) in [5.41, 5.74) is 5.11. The van der Waals surface area contributed by atoms with Crippen LogP contribution in [0.25, 0.3) is 11.1 Å². The molecule has 1 fully saturated rings. The van der Waals surface area contributed by atoms with E-state index in [2.05, 4.69) is 10.0 Å². The largest absolute Gasteiger partial charge is 0.418 e. The SMILES string of the molecule is CS(=O)(=O)NCc1cccc(-c2cccc(CC(O)(C(=O)Nc3ccc(N)c(C(F)(F)F)c3)C3CCCCC3)c2)c1. The lowest BCUT2D eigenvalue weighted by Gasteiger charge is -2.37. The van der Waals surface area contributed by atoms with Gasteiger partial charge in [0.05, 0.1) is 11.8 Å². The van der Waals surface area contributed by atoms with E-state index in [0.29, 0.717) is 18.4 Å². The summed E-state index contributed by atoms with van der Waals surface area (Å²) >= 11 is 0. The van der Waals surface area contributed by atoms with Crippen LogP contribution in [-0.4, -0.2) is 31.3 Å². The minimum absolute atomic E-state index is 0.0340. The van der Waals surface area contributed by atoms with Gasteiger partial charge in [-0.05, 0) is 65.3 Å². The molecule has 0 heterocycles. The van der Waals surface area contributed by atoms with Gasteiger partial charge in [-0.3, -0.25) is 4.79 Å². The molecule has 3 aromatic rings. The first-order valence-corrected chi connectivity index (χ1v) is 15.3. The number of benzene rings is 3. The van der Waals surface area contributed by atoms with Gasteiger partial charge in [-0.1, -0.05) is 61.7 Å². The Kier molecular flexibility index (Phi) is 9.10. The Morgan fingerprint density at radius 2 is 1.56 bits per heavy atom. The number of aliphatic hydroxyl groups is 1. The quantitative estimate of drug-likeness (QED) is 0.246. The molecule has 0 aliphatic heterocycles. The van der Waals surface area contributed by atoms with E-state index in [4.69, 9.17) is 5.73 Å². The first-order valence-electron chi connectivity index (χ1n) is 13.4. The lowest BCUT2D eigenvalue weighted by Crippen LogP contribution is -2.51. The van der Waals surface area contributed by atoms with Crippen molar-refractivity contribution in [2.24, 2.45) is 5.92 Å². The molecule has 0 spiro atoms. The van der Waals surface area contributed by atoms with Crippen molar-refractivity contribution in [1.29, 1.82) is 0 Å². The topological polar surface area (TPSA) is 122 Å². The molecule has 0 saturated heterocycles. The van der Waals surface area contributed by atoms with Gasteiger partial charge < -0.3 is 16.2 Å². The van der Waals surface area contributed by atoms with Crippen molar-refractivity contribution in [2.75, 3.05) is 17.3 Å². The molecule has 220 valence electrons. The Bertz CT molecular complexity index is 1500. The van der Waals surface area contributed by atoms with Crippen LogP contribution in [0.4, 0.5) is 24.5 Å². The summed E-state index contributed by atoms with van der Waals surface area (Å²) < 4.78 is 65.7. The number of nitrogen functional groups attached to an aromatic ring is 1. The molecule has 0 aromatic heterocycles. The second-order valence-electron chi connectivity index (χ2n) is 10.7. The van der Waals surface area contributed by atoms with Crippen molar-refractivity contribution in [2.45, 2.75) is 56.8 Å². The maximum atomic E-state index is 13.6. The van der Waals surface area contributed by atoms with Crippen LogP contribution in [0.15, 0.2) is 66.7 Å². The molecule has 5 N–H and O–H groups in total. The Balaban J connectivity index is 1.61. The molecule has 3 aromatic carbocycles. The predicted octanol–water partition coefficient (Wildman–Crippen LogP) is 5.50. The fourth-order valence-corrected chi connectivity index (χ4v) is 5.79. The van der Waals surface area contributed by atoms with E-state index in [9.17, 15) is 31.5 Å². The van der Waals surface area contributed by atoms with Gasteiger partial charge in [-0.15, -0.1) is 0 Å². The third-order valence-electron chi connectivity index (χ3n) is 7.49. The van der Waals surface area contributed by atoms with Gasteiger partial charge in [-0.2, -0.15) is 13.2 Å². The first-order chi connectivity index (χ1) is 19.2. The van der Waals surface area contributed by atoms with E-state index < -0.39 is 39.0 Å². The van der Waals surface area contributed by atoms with Gasteiger partial charge in [0.25, 0.3) is 5.91 Å². The van der Waals surface area contributed by atoms with Crippen molar-refractivity contribution in [3.8, 4) is 11.1 Å². The molecule has 11 heteroatoms. The van der Waals surface area contributed by atoms with Gasteiger partial charge in [0.1, 0.15) is 5.60 Å². The van der Waals surface area contributed by atoms with Crippen LogP contribution in [-0.2, 0) is 34.0 Å². The Labute approximate surface area is 238 Å². The number of amides is 1. The average Bonchev–Trinajstić information content (AvgIpc) is 2.92. The van der Waals surface area contributed by atoms with Gasteiger partial charge >= 0.3 is 6.18 Å². The zero-order chi connectivity index (χ0) is 29.8. The number of nitrogens with one attached hydrogen (secondary N) is 2. The van der Waals surface area contributed by atoms with Gasteiger partial charge in [0, 0.05) is 24.3 Å². The van der Waals surface area contributed by atoms with E-state index >= 15 is 0 Å². The van der Waals surface area contributed by atoms with Gasteiger partial charge in [0.2, 0.25) is 10.0 Å². The number of nitrogens with two attached hydrogens (primary N) is 1. The van der Waals surface area contributed by atoms with Gasteiger partial charge in [0.15, 0.2) is 0 Å². The Morgan fingerprint density at radius 1 is 0.951 bits per heavy atom. The smallest absolute Gasteiger partial charge is 0.398 e. The molecule has 1 aliphatic carbocycles. The number of alkyl halides is 3. The highest BCUT2D eigenvalue weighted by Gasteiger charge is 2.44. The number of rotatable bonds is 9. The monoisotopic (exact) mass is 589 g/mol. The molecule has 1 atom stereocenters.